The van der Waals surface area contributed by atoms with Gasteiger partial charge in [-0.2, -0.15) is 0 Å². The molecule has 12 nitrogen and oxygen atoms in total. The molecule has 0 aliphatic carbocycles. The molecule has 2 N–H and O–H groups in total. The molecule has 0 atom stereocenters. The van der Waals surface area contributed by atoms with Gasteiger partial charge >= 0.3 is 12.1 Å². The van der Waals surface area contributed by atoms with Crippen LogP contribution in [0.25, 0.3) is 0 Å². The number of ether oxygens (including phenoxy) is 2. The Morgan fingerprint density at radius 1 is 1.14 bits per heavy atom. The number of aliphatic hydroxyl groups is 1. The predicted molar refractivity (Wildman–Crippen MR) is 136 cm³/mol. The Hall–Kier alpha value is -3.32. The minimum atomic E-state index is -3.58. The zero-order valence-corrected chi connectivity index (χ0v) is 22.6. The second kappa shape index (κ2) is 11.0. The number of hydrogen-bond acceptors (Lipinski definition) is 10. The van der Waals surface area contributed by atoms with E-state index in [4.69, 9.17) is 9.47 Å². The largest absolute Gasteiger partial charge is 0.466 e. The van der Waals surface area contributed by atoms with Crippen LogP contribution in [0.5, 0.6) is 0 Å². The van der Waals surface area contributed by atoms with Crippen molar-refractivity contribution in [2.24, 2.45) is 0 Å². The van der Waals surface area contributed by atoms with Crippen LogP contribution in [0.2, 0.25) is 0 Å². The number of β-amino-alcohol motifs (C(OH)–C–C–N with tert-alkyl or cyclic N) is 1. The van der Waals surface area contributed by atoms with Crippen molar-refractivity contribution in [2.75, 3.05) is 69.5 Å². The highest BCUT2D eigenvalue weighted by atomic mass is 32.2. The number of aliphatic hydroxyl groups excluding tert-OH is 1. The minimum Gasteiger partial charge on any atom is -0.466 e. The van der Waals surface area contributed by atoms with E-state index in [1.165, 1.54) is 24.1 Å². The Kier molecular flexibility index (Phi) is 8.38. The van der Waals surface area contributed by atoms with E-state index in [1.807, 2.05) is 4.90 Å². The molecule has 1 aromatic rings. The fraction of sp³-hybridized carbons (Fsp3) is 0.542. The zero-order chi connectivity index (χ0) is 27.5. The van der Waals surface area contributed by atoms with E-state index in [9.17, 15) is 27.9 Å². The van der Waals surface area contributed by atoms with Gasteiger partial charge in [0, 0.05) is 39.0 Å². The van der Waals surface area contributed by atoms with Gasteiger partial charge in [0.05, 0.1) is 42.1 Å². The summed E-state index contributed by atoms with van der Waals surface area (Å²) in [6.45, 7) is 6.69. The summed E-state index contributed by atoms with van der Waals surface area (Å²) in [5.41, 5.74) is 0.326. The first-order chi connectivity index (χ1) is 17.2. The summed E-state index contributed by atoms with van der Waals surface area (Å²) >= 11 is 0. The number of rotatable bonds is 7. The Morgan fingerprint density at radius 3 is 2.32 bits per heavy atom. The Bertz CT molecular complexity index is 1200. The van der Waals surface area contributed by atoms with Gasteiger partial charge in [0.25, 0.3) is 5.91 Å². The number of hydrogen-bond donors (Lipinski definition) is 2. The van der Waals surface area contributed by atoms with Gasteiger partial charge in [0.2, 0.25) is 0 Å². The highest BCUT2D eigenvalue weighted by Crippen LogP contribution is 2.33. The number of nitrogens with zero attached hydrogens (tertiary/aromatic N) is 3. The van der Waals surface area contributed by atoms with Crippen molar-refractivity contribution in [3.63, 3.8) is 0 Å². The maximum atomic E-state index is 13.0. The predicted octanol–water partition coefficient (Wildman–Crippen LogP) is 0.821. The summed E-state index contributed by atoms with van der Waals surface area (Å²) in [6, 6.07) is 4.51. The number of nitrogens with one attached hydrogen (secondary N) is 1. The van der Waals surface area contributed by atoms with Crippen LogP contribution in [0, 0.1) is 0 Å². The third kappa shape index (κ3) is 6.72. The number of piperazine rings is 1. The molecule has 2 amide bonds. The molecule has 1 fully saturated rings. The lowest BCUT2D eigenvalue weighted by molar-refractivity contribution is -0.136. The standard InChI is InChI=1S/C24H34N4O8S/c1-24(2,3)36-23(32)27-10-8-26(9-11-27)19-7-6-16(37(5,33)34)14-18(19)25-20-17(22(31)35-4)15-28(12-13-29)21(20)30/h6-7,14,25,29H,8-13,15H2,1-5H3. The van der Waals surface area contributed by atoms with Gasteiger partial charge in [-0.05, 0) is 39.0 Å². The van der Waals surface area contributed by atoms with Crippen molar-refractivity contribution in [3.05, 3.63) is 29.5 Å². The number of esters is 1. The first kappa shape index (κ1) is 28.3. The van der Waals surface area contributed by atoms with Crippen LogP contribution >= 0.6 is 0 Å². The zero-order valence-electron chi connectivity index (χ0n) is 21.7. The molecule has 0 saturated carbocycles. The number of methoxy groups -OCH3 is 1. The van der Waals surface area contributed by atoms with E-state index >= 15 is 0 Å². The monoisotopic (exact) mass is 538 g/mol. The Labute approximate surface area is 216 Å². The number of anilines is 2. The van der Waals surface area contributed by atoms with Crippen LogP contribution in [-0.4, -0.2) is 106 Å². The average molecular weight is 539 g/mol. The van der Waals surface area contributed by atoms with Crippen LogP contribution < -0.4 is 10.2 Å². The number of amides is 2. The topological polar surface area (TPSA) is 146 Å². The molecule has 0 aromatic heterocycles. The van der Waals surface area contributed by atoms with E-state index < -0.39 is 33.4 Å². The summed E-state index contributed by atoms with van der Waals surface area (Å²) in [6.07, 6.45) is 0.667. The summed E-state index contributed by atoms with van der Waals surface area (Å²) in [7, 11) is -2.37. The quantitative estimate of drug-likeness (QED) is 0.479. The highest BCUT2D eigenvalue weighted by Gasteiger charge is 2.35. The summed E-state index contributed by atoms with van der Waals surface area (Å²) in [5.74, 6) is -1.22. The van der Waals surface area contributed by atoms with E-state index in [1.54, 1.807) is 31.7 Å². The van der Waals surface area contributed by atoms with Crippen molar-refractivity contribution in [3.8, 4) is 0 Å². The smallest absolute Gasteiger partial charge is 0.410 e. The van der Waals surface area contributed by atoms with Crippen LogP contribution in [0.4, 0.5) is 16.2 Å². The summed E-state index contributed by atoms with van der Waals surface area (Å²) in [5, 5.41) is 12.3. The number of benzene rings is 1. The fourth-order valence-electron chi connectivity index (χ4n) is 4.06. The van der Waals surface area contributed by atoms with Crippen molar-refractivity contribution >= 4 is 39.2 Å². The van der Waals surface area contributed by atoms with E-state index in [-0.39, 0.29) is 35.9 Å². The molecule has 2 heterocycles. The lowest BCUT2D eigenvalue weighted by Gasteiger charge is -2.37. The molecule has 37 heavy (non-hydrogen) atoms. The number of carbonyl (C=O) groups excluding carboxylic acids is 3. The normalized spacial score (nSPS) is 16.8. The molecule has 204 valence electrons. The van der Waals surface area contributed by atoms with Gasteiger partial charge in [-0.25, -0.2) is 18.0 Å². The summed E-state index contributed by atoms with van der Waals surface area (Å²) < 4.78 is 34.8. The molecule has 2 aliphatic rings. The van der Waals surface area contributed by atoms with Crippen molar-refractivity contribution in [1.82, 2.24) is 9.80 Å². The maximum Gasteiger partial charge on any atom is 0.410 e. The molecule has 0 radical (unpaired) electrons. The lowest BCUT2D eigenvalue weighted by Crippen LogP contribution is -2.50. The van der Waals surface area contributed by atoms with Crippen LogP contribution in [-0.2, 0) is 28.9 Å². The molecular weight excluding hydrogens is 504 g/mol. The minimum absolute atomic E-state index is 0.0212. The molecule has 2 aliphatic heterocycles. The SMILES string of the molecule is COC(=O)C1=C(Nc2cc(S(C)(=O)=O)ccc2N2CCN(C(=O)OC(C)(C)C)CC2)C(=O)N(CCO)C1. The number of sulfone groups is 1. The lowest BCUT2D eigenvalue weighted by atomic mass is 10.2. The van der Waals surface area contributed by atoms with Crippen LogP contribution in [0.15, 0.2) is 34.4 Å². The Morgan fingerprint density at radius 2 is 1.78 bits per heavy atom. The van der Waals surface area contributed by atoms with E-state index in [0.29, 0.717) is 37.6 Å². The third-order valence-electron chi connectivity index (χ3n) is 5.88. The van der Waals surface area contributed by atoms with Crippen LogP contribution in [0.3, 0.4) is 0 Å². The van der Waals surface area contributed by atoms with Gasteiger partial charge in [-0.1, -0.05) is 0 Å². The number of carbonyl (C=O) groups is 3. The molecule has 3 rings (SSSR count). The molecule has 1 saturated heterocycles. The molecule has 0 spiro atoms. The highest BCUT2D eigenvalue weighted by molar-refractivity contribution is 7.90. The van der Waals surface area contributed by atoms with E-state index in [0.717, 1.165) is 6.26 Å². The molecular formula is C24H34N4O8S. The second-order valence-electron chi connectivity index (χ2n) is 9.83. The van der Waals surface area contributed by atoms with Gasteiger partial charge < -0.3 is 34.6 Å². The molecule has 0 bridgehead atoms. The maximum absolute atomic E-state index is 13.0. The first-order valence-electron chi connectivity index (χ1n) is 11.8. The fourth-order valence-corrected chi connectivity index (χ4v) is 4.71. The van der Waals surface area contributed by atoms with Crippen molar-refractivity contribution in [2.45, 2.75) is 31.3 Å². The van der Waals surface area contributed by atoms with E-state index in [2.05, 4.69) is 5.32 Å². The second-order valence-corrected chi connectivity index (χ2v) is 11.8. The molecule has 1 aromatic carbocycles. The third-order valence-corrected chi connectivity index (χ3v) is 6.99. The van der Waals surface area contributed by atoms with Gasteiger partial charge in [-0.3, -0.25) is 4.79 Å². The van der Waals surface area contributed by atoms with Gasteiger partial charge in [-0.15, -0.1) is 0 Å². The van der Waals surface area contributed by atoms with Crippen LogP contribution in [0.1, 0.15) is 20.8 Å². The van der Waals surface area contributed by atoms with Crippen molar-refractivity contribution < 1.29 is 37.4 Å². The molecule has 0 unspecified atom stereocenters. The molecule has 13 heteroatoms. The average Bonchev–Trinajstić information content (AvgIpc) is 3.12. The summed E-state index contributed by atoms with van der Waals surface area (Å²) in [4.78, 5) is 42.8. The first-order valence-corrected chi connectivity index (χ1v) is 13.7. The van der Waals surface area contributed by atoms with Crippen molar-refractivity contribution in [1.29, 1.82) is 0 Å². The van der Waals surface area contributed by atoms with Gasteiger partial charge in [0.15, 0.2) is 9.84 Å². The Balaban J connectivity index is 1.93. The van der Waals surface area contributed by atoms with Gasteiger partial charge in [0.1, 0.15) is 11.3 Å².